The fourth-order valence-electron chi connectivity index (χ4n) is 2.30. The van der Waals surface area contributed by atoms with Crippen LogP contribution in [0.3, 0.4) is 0 Å². The van der Waals surface area contributed by atoms with Crippen LogP contribution in [0, 0.1) is 6.92 Å². The van der Waals surface area contributed by atoms with Crippen LogP contribution in [-0.2, 0) is 6.18 Å². The summed E-state index contributed by atoms with van der Waals surface area (Å²) in [6.07, 6.45) is -4.72. The lowest BCUT2D eigenvalue weighted by atomic mass is 10.1. The SMILES string of the molecule is Cc1ccc2c(n1)c(Br)nn2C(=O)c1c(Cl)cccc1C(F)(F)F. The van der Waals surface area contributed by atoms with E-state index in [1.54, 1.807) is 19.1 Å². The van der Waals surface area contributed by atoms with Crippen LogP contribution in [0.5, 0.6) is 0 Å². The average molecular weight is 419 g/mol. The molecule has 0 radical (unpaired) electrons. The number of aromatic nitrogens is 3. The predicted molar refractivity (Wildman–Crippen MR) is 86.1 cm³/mol. The zero-order chi connectivity index (χ0) is 17.6. The van der Waals surface area contributed by atoms with Crippen molar-refractivity contribution in [2.24, 2.45) is 0 Å². The molecule has 0 aliphatic carbocycles. The van der Waals surface area contributed by atoms with Crippen molar-refractivity contribution in [1.29, 1.82) is 0 Å². The molecule has 2 aromatic heterocycles. The Balaban J connectivity index is 2.25. The maximum absolute atomic E-state index is 13.2. The van der Waals surface area contributed by atoms with Crippen molar-refractivity contribution in [2.75, 3.05) is 0 Å². The highest BCUT2D eigenvalue weighted by Gasteiger charge is 2.37. The lowest BCUT2D eigenvalue weighted by Crippen LogP contribution is -2.20. The average Bonchev–Trinajstić information content (AvgIpc) is 2.82. The van der Waals surface area contributed by atoms with Gasteiger partial charge in [0.15, 0.2) is 4.60 Å². The van der Waals surface area contributed by atoms with Crippen molar-refractivity contribution in [1.82, 2.24) is 14.8 Å². The van der Waals surface area contributed by atoms with Gasteiger partial charge in [-0.2, -0.15) is 23.0 Å². The molecule has 0 atom stereocenters. The fraction of sp³-hybridized carbons (Fsp3) is 0.133. The minimum atomic E-state index is -4.72. The van der Waals surface area contributed by atoms with Gasteiger partial charge in [0.05, 0.1) is 21.7 Å². The van der Waals surface area contributed by atoms with E-state index in [1.807, 2.05) is 0 Å². The van der Waals surface area contributed by atoms with Gasteiger partial charge in [-0.3, -0.25) is 4.79 Å². The van der Waals surface area contributed by atoms with Crippen molar-refractivity contribution in [3.63, 3.8) is 0 Å². The standard InChI is InChI=1S/C15H8BrClF3N3O/c1-7-5-6-10-12(21-7)13(16)22-23(10)14(24)11-8(15(18,19)20)3-2-4-9(11)17/h2-6H,1H3. The Morgan fingerprint density at radius 2 is 1.96 bits per heavy atom. The molecule has 0 N–H and O–H groups in total. The molecule has 0 saturated heterocycles. The molecule has 0 aliphatic heterocycles. The van der Waals surface area contributed by atoms with Crippen LogP contribution in [0.4, 0.5) is 13.2 Å². The molecular weight excluding hydrogens is 411 g/mol. The lowest BCUT2D eigenvalue weighted by molar-refractivity contribution is -0.137. The first-order valence-electron chi connectivity index (χ1n) is 6.62. The molecule has 4 nitrogen and oxygen atoms in total. The van der Waals surface area contributed by atoms with Gasteiger partial charge in [0.2, 0.25) is 0 Å². The Labute approximate surface area is 147 Å². The van der Waals surface area contributed by atoms with Crippen molar-refractivity contribution in [3.8, 4) is 0 Å². The number of carbonyl (C=O) groups excluding carboxylic acids is 1. The summed E-state index contributed by atoms with van der Waals surface area (Å²) in [5, 5.41) is 3.67. The van der Waals surface area contributed by atoms with E-state index in [2.05, 4.69) is 26.0 Å². The quantitative estimate of drug-likeness (QED) is 0.567. The number of alkyl halides is 3. The van der Waals surface area contributed by atoms with Crippen LogP contribution in [0.2, 0.25) is 5.02 Å². The van der Waals surface area contributed by atoms with Gasteiger partial charge >= 0.3 is 6.18 Å². The summed E-state index contributed by atoms with van der Waals surface area (Å²) in [5.41, 5.74) is -0.414. The van der Waals surface area contributed by atoms with E-state index in [0.717, 1.165) is 16.8 Å². The van der Waals surface area contributed by atoms with Crippen molar-refractivity contribution in [2.45, 2.75) is 13.1 Å². The van der Waals surface area contributed by atoms with E-state index in [9.17, 15) is 18.0 Å². The van der Waals surface area contributed by atoms with E-state index in [4.69, 9.17) is 11.6 Å². The van der Waals surface area contributed by atoms with Crippen LogP contribution >= 0.6 is 27.5 Å². The number of aryl methyl sites for hydroxylation is 1. The van der Waals surface area contributed by atoms with Crippen LogP contribution in [0.15, 0.2) is 34.9 Å². The van der Waals surface area contributed by atoms with Gasteiger partial charge in [0.1, 0.15) is 5.52 Å². The Hall–Kier alpha value is -1.93. The largest absolute Gasteiger partial charge is 0.417 e. The first kappa shape index (κ1) is 16.9. The zero-order valence-electron chi connectivity index (χ0n) is 12.0. The number of fused-ring (bicyclic) bond motifs is 1. The Morgan fingerprint density at radius 1 is 1.25 bits per heavy atom. The minimum absolute atomic E-state index is 0.259. The van der Waals surface area contributed by atoms with Crippen molar-refractivity contribution < 1.29 is 18.0 Å². The van der Waals surface area contributed by atoms with E-state index in [0.29, 0.717) is 11.2 Å². The number of carbonyl (C=O) groups is 1. The summed E-state index contributed by atoms with van der Waals surface area (Å²) in [7, 11) is 0. The van der Waals surface area contributed by atoms with Crippen LogP contribution in [-0.4, -0.2) is 20.7 Å². The van der Waals surface area contributed by atoms with E-state index < -0.39 is 23.2 Å². The molecule has 0 unspecified atom stereocenters. The second-order valence-electron chi connectivity index (χ2n) is 4.99. The Morgan fingerprint density at radius 3 is 2.62 bits per heavy atom. The topological polar surface area (TPSA) is 47.8 Å². The summed E-state index contributed by atoms with van der Waals surface area (Å²) < 4.78 is 40.8. The maximum Gasteiger partial charge on any atom is 0.417 e. The number of hydrogen-bond donors (Lipinski definition) is 0. The van der Waals surface area contributed by atoms with Crippen LogP contribution in [0.25, 0.3) is 11.0 Å². The van der Waals surface area contributed by atoms with Gasteiger partial charge < -0.3 is 0 Å². The number of nitrogens with zero attached hydrogens (tertiary/aromatic N) is 3. The third kappa shape index (κ3) is 2.80. The van der Waals surface area contributed by atoms with Gasteiger partial charge in [-0.1, -0.05) is 17.7 Å². The van der Waals surface area contributed by atoms with Gasteiger partial charge in [0, 0.05) is 5.69 Å². The number of hydrogen-bond acceptors (Lipinski definition) is 3. The number of pyridine rings is 1. The van der Waals surface area contributed by atoms with Crippen LogP contribution in [0.1, 0.15) is 21.6 Å². The molecule has 0 bridgehead atoms. The molecule has 2 heterocycles. The van der Waals surface area contributed by atoms with Crippen molar-refractivity contribution in [3.05, 3.63) is 56.8 Å². The molecule has 0 amide bonds. The smallest absolute Gasteiger partial charge is 0.267 e. The number of halogens is 5. The molecule has 0 aliphatic rings. The normalized spacial score (nSPS) is 11.9. The highest BCUT2D eigenvalue weighted by Crippen LogP contribution is 2.36. The van der Waals surface area contributed by atoms with Gasteiger partial charge in [0.25, 0.3) is 5.91 Å². The van der Waals surface area contributed by atoms with E-state index >= 15 is 0 Å². The summed E-state index contributed by atoms with van der Waals surface area (Å²) in [6, 6.07) is 6.38. The molecular formula is C15H8BrClF3N3O. The molecule has 3 rings (SSSR count). The first-order valence-corrected chi connectivity index (χ1v) is 7.79. The fourth-order valence-corrected chi connectivity index (χ4v) is 3.01. The highest BCUT2D eigenvalue weighted by molar-refractivity contribution is 9.10. The number of rotatable bonds is 1. The summed E-state index contributed by atoms with van der Waals surface area (Å²) in [4.78, 5) is 16.9. The predicted octanol–water partition coefficient (Wildman–Crippen LogP) is 4.86. The van der Waals surface area contributed by atoms with Crippen LogP contribution < -0.4 is 0 Å². The molecule has 0 fully saturated rings. The Bertz CT molecular complexity index is 968. The molecule has 1 aromatic carbocycles. The molecule has 0 saturated carbocycles. The molecule has 3 aromatic rings. The maximum atomic E-state index is 13.2. The summed E-state index contributed by atoms with van der Waals surface area (Å²) >= 11 is 9.04. The summed E-state index contributed by atoms with van der Waals surface area (Å²) in [6.45, 7) is 1.75. The third-order valence-corrected chi connectivity index (χ3v) is 4.20. The van der Waals surface area contributed by atoms with Gasteiger partial charge in [-0.25, -0.2) is 4.98 Å². The van der Waals surface area contributed by atoms with E-state index in [1.165, 1.54) is 6.07 Å². The van der Waals surface area contributed by atoms with Crippen molar-refractivity contribution >= 4 is 44.5 Å². The van der Waals surface area contributed by atoms with Gasteiger partial charge in [-0.05, 0) is 47.1 Å². The van der Waals surface area contributed by atoms with E-state index in [-0.39, 0.29) is 15.1 Å². The number of benzene rings is 1. The summed E-state index contributed by atoms with van der Waals surface area (Å²) in [5.74, 6) is -0.978. The monoisotopic (exact) mass is 417 g/mol. The third-order valence-electron chi connectivity index (χ3n) is 3.35. The zero-order valence-corrected chi connectivity index (χ0v) is 14.4. The lowest BCUT2D eigenvalue weighted by Gasteiger charge is -2.13. The molecule has 9 heteroatoms. The highest BCUT2D eigenvalue weighted by atomic mass is 79.9. The molecule has 0 spiro atoms. The Kier molecular flexibility index (Phi) is 4.13. The molecule has 124 valence electrons. The first-order chi connectivity index (χ1) is 11.2. The minimum Gasteiger partial charge on any atom is -0.267 e. The second-order valence-corrected chi connectivity index (χ2v) is 6.15. The second kappa shape index (κ2) is 5.86. The van der Waals surface area contributed by atoms with Gasteiger partial charge in [-0.15, -0.1) is 0 Å². The molecule has 24 heavy (non-hydrogen) atoms.